The molecule has 1 fully saturated rings. The van der Waals surface area contributed by atoms with Gasteiger partial charge in [-0.25, -0.2) is 0 Å². The van der Waals surface area contributed by atoms with Crippen LogP contribution in [0.1, 0.15) is 24.8 Å². The number of benzene rings is 1. The summed E-state index contributed by atoms with van der Waals surface area (Å²) in [6.45, 7) is 2.73. The van der Waals surface area contributed by atoms with E-state index in [0.29, 0.717) is 25.3 Å². The fraction of sp³-hybridized carbons (Fsp3) is 0.562. The minimum absolute atomic E-state index is 0. The van der Waals surface area contributed by atoms with Gasteiger partial charge in [-0.15, -0.1) is 25.6 Å². The number of rotatable bonds is 7. The molecule has 0 radical (unpaired) electrons. The van der Waals surface area contributed by atoms with E-state index in [1.54, 1.807) is 12.1 Å². The first kappa shape index (κ1) is 20.6. The summed E-state index contributed by atoms with van der Waals surface area (Å²) in [4.78, 5) is 11.7. The van der Waals surface area contributed by atoms with E-state index in [1.165, 1.54) is 12.1 Å². The molecule has 1 aromatic carbocycles. The van der Waals surface area contributed by atoms with Gasteiger partial charge in [-0.3, -0.25) is 4.79 Å². The normalized spacial score (nSPS) is 17.2. The van der Waals surface area contributed by atoms with E-state index in [1.807, 2.05) is 0 Å². The Balaban J connectivity index is 0.00000288. The molecule has 4 nitrogen and oxygen atoms in total. The molecule has 8 heteroatoms. The first-order chi connectivity index (χ1) is 10.9. The second-order valence-corrected chi connectivity index (χ2v) is 5.69. The molecule has 0 bridgehead atoms. The van der Waals surface area contributed by atoms with E-state index in [4.69, 9.17) is 0 Å². The van der Waals surface area contributed by atoms with Crippen molar-refractivity contribution in [1.82, 2.24) is 10.6 Å². The van der Waals surface area contributed by atoms with Crippen LogP contribution in [0.5, 0.6) is 5.75 Å². The maximum absolute atomic E-state index is 12.0. The van der Waals surface area contributed by atoms with Gasteiger partial charge in [0, 0.05) is 13.0 Å². The van der Waals surface area contributed by atoms with Gasteiger partial charge in [0.1, 0.15) is 5.75 Å². The summed E-state index contributed by atoms with van der Waals surface area (Å²) in [5.41, 5.74) is 0.801. The number of nitrogens with one attached hydrogen (secondary N) is 2. The maximum atomic E-state index is 12.0. The lowest BCUT2D eigenvalue weighted by atomic mass is 10.1. The predicted molar refractivity (Wildman–Crippen MR) is 87.3 cm³/mol. The predicted octanol–water partition coefficient (Wildman–Crippen LogP) is 3.06. The highest BCUT2D eigenvalue weighted by molar-refractivity contribution is 5.85. The number of halogens is 4. The van der Waals surface area contributed by atoms with Crippen molar-refractivity contribution in [3.63, 3.8) is 0 Å². The molecule has 1 unspecified atom stereocenters. The second-order valence-electron chi connectivity index (χ2n) is 5.69. The number of alkyl halides is 3. The van der Waals surface area contributed by atoms with Crippen LogP contribution in [-0.4, -0.2) is 31.9 Å². The minimum Gasteiger partial charge on any atom is -0.406 e. The average Bonchev–Trinajstić information content (AvgIpc) is 2.98. The molecule has 1 aliphatic rings. The molecule has 1 atom stereocenters. The molecule has 1 amide bonds. The Morgan fingerprint density at radius 2 is 2.00 bits per heavy atom. The number of carbonyl (C=O) groups excluding carboxylic acids is 1. The molecule has 0 saturated carbocycles. The van der Waals surface area contributed by atoms with Gasteiger partial charge in [-0.05, 0) is 56.0 Å². The fourth-order valence-corrected chi connectivity index (χ4v) is 2.58. The summed E-state index contributed by atoms with van der Waals surface area (Å²) >= 11 is 0. The minimum atomic E-state index is -4.68. The van der Waals surface area contributed by atoms with Crippen LogP contribution in [0.4, 0.5) is 13.2 Å². The Hall–Kier alpha value is -1.47. The van der Waals surface area contributed by atoms with Gasteiger partial charge in [-0.2, -0.15) is 0 Å². The lowest BCUT2D eigenvalue weighted by molar-refractivity contribution is -0.274. The number of aryl methyl sites for hydroxylation is 1. The van der Waals surface area contributed by atoms with Gasteiger partial charge in [0.05, 0.1) is 0 Å². The Morgan fingerprint density at radius 1 is 1.29 bits per heavy atom. The van der Waals surface area contributed by atoms with Crippen LogP contribution >= 0.6 is 12.4 Å². The number of ether oxygens (including phenoxy) is 1. The zero-order chi connectivity index (χ0) is 16.7. The zero-order valence-electron chi connectivity index (χ0n) is 13.2. The van der Waals surface area contributed by atoms with Crippen LogP contribution in [0.3, 0.4) is 0 Å². The van der Waals surface area contributed by atoms with Crippen molar-refractivity contribution in [2.24, 2.45) is 5.92 Å². The number of carbonyl (C=O) groups is 1. The standard InChI is InChI=1S/C16H21F3N2O2.ClH/c17-16(18,19)23-14-4-1-12(2-5-14)3-6-15(22)21-10-8-13-7-9-20-11-13;/h1-2,4-5,13,20H,3,6-11H2,(H,21,22);1H. The molecule has 1 heterocycles. The molecule has 2 N–H and O–H groups in total. The molecule has 1 aliphatic heterocycles. The largest absolute Gasteiger partial charge is 0.573 e. The molecule has 0 spiro atoms. The van der Waals surface area contributed by atoms with Crippen molar-refractivity contribution < 1.29 is 22.7 Å². The van der Waals surface area contributed by atoms with Crippen molar-refractivity contribution in [2.75, 3.05) is 19.6 Å². The molecule has 24 heavy (non-hydrogen) atoms. The summed E-state index contributed by atoms with van der Waals surface area (Å²) < 4.78 is 39.9. The number of amides is 1. The molecule has 0 aliphatic carbocycles. The zero-order valence-corrected chi connectivity index (χ0v) is 14.0. The summed E-state index contributed by atoms with van der Waals surface area (Å²) in [5.74, 6) is 0.346. The Kier molecular flexibility index (Phi) is 8.35. The fourth-order valence-electron chi connectivity index (χ4n) is 2.58. The van der Waals surface area contributed by atoms with Crippen LogP contribution < -0.4 is 15.4 Å². The van der Waals surface area contributed by atoms with E-state index in [2.05, 4.69) is 15.4 Å². The van der Waals surface area contributed by atoms with Gasteiger partial charge < -0.3 is 15.4 Å². The Morgan fingerprint density at radius 3 is 2.58 bits per heavy atom. The number of hydrogen-bond donors (Lipinski definition) is 2. The van der Waals surface area contributed by atoms with E-state index in [0.717, 1.165) is 31.5 Å². The highest BCUT2D eigenvalue weighted by atomic mass is 35.5. The quantitative estimate of drug-likeness (QED) is 0.779. The number of hydrogen-bond acceptors (Lipinski definition) is 3. The Labute approximate surface area is 145 Å². The summed E-state index contributed by atoms with van der Waals surface area (Å²) in [6.07, 6.45) is -1.74. The summed E-state index contributed by atoms with van der Waals surface area (Å²) in [7, 11) is 0. The molecule has 1 saturated heterocycles. The topological polar surface area (TPSA) is 50.4 Å². The summed E-state index contributed by atoms with van der Waals surface area (Å²) in [6, 6.07) is 5.60. The molecule has 136 valence electrons. The lowest BCUT2D eigenvalue weighted by Gasteiger charge is -2.10. The third-order valence-corrected chi connectivity index (χ3v) is 3.83. The second kappa shape index (κ2) is 9.74. The van der Waals surface area contributed by atoms with Gasteiger partial charge >= 0.3 is 6.36 Å². The van der Waals surface area contributed by atoms with E-state index in [-0.39, 0.29) is 24.1 Å². The molecular formula is C16H22ClF3N2O2. The van der Waals surface area contributed by atoms with Crippen molar-refractivity contribution in [2.45, 2.75) is 32.0 Å². The van der Waals surface area contributed by atoms with E-state index in [9.17, 15) is 18.0 Å². The summed E-state index contributed by atoms with van der Waals surface area (Å²) in [5, 5.41) is 6.16. The highest BCUT2D eigenvalue weighted by Crippen LogP contribution is 2.23. The maximum Gasteiger partial charge on any atom is 0.573 e. The molecular weight excluding hydrogens is 345 g/mol. The smallest absolute Gasteiger partial charge is 0.406 e. The first-order valence-electron chi connectivity index (χ1n) is 7.74. The van der Waals surface area contributed by atoms with Crippen LogP contribution in [-0.2, 0) is 11.2 Å². The van der Waals surface area contributed by atoms with Crippen LogP contribution in [0.2, 0.25) is 0 Å². The molecule has 2 rings (SSSR count). The first-order valence-corrected chi connectivity index (χ1v) is 7.74. The van der Waals surface area contributed by atoms with Crippen molar-refractivity contribution >= 4 is 18.3 Å². The van der Waals surface area contributed by atoms with Crippen molar-refractivity contribution in [3.05, 3.63) is 29.8 Å². The van der Waals surface area contributed by atoms with Crippen LogP contribution in [0, 0.1) is 5.92 Å². The van der Waals surface area contributed by atoms with E-state index >= 15 is 0 Å². The SMILES string of the molecule is Cl.O=C(CCc1ccc(OC(F)(F)F)cc1)NCCC1CCNC1. The third kappa shape index (κ3) is 7.88. The monoisotopic (exact) mass is 366 g/mol. The van der Waals surface area contributed by atoms with Gasteiger partial charge in [0.15, 0.2) is 0 Å². The van der Waals surface area contributed by atoms with Crippen LogP contribution in [0.25, 0.3) is 0 Å². The third-order valence-electron chi connectivity index (χ3n) is 3.83. The van der Waals surface area contributed by atoms with Crippen LogP contribution in [0.15, 0.2) is 24.3 Å². The van der Waals surface area contributed by atoms with Gasteiger partial charge in [0.2, 0.25) is 5.91 Å². The average molecular weight is 367 g/mol. The Bertz CT molecular complexity index is 503. The molecule has 0 aromatic heterocycles. The van der Waals surface area contributed by atoms with E-state index < -0.39 is 6.36 Å². The van der Waals surface area contributed by atoms with Gasteiger partial charge in [0.25, 0.3) is 0 Å². The lowest BCUT2D eigenvalue weighted by Crippen LogP contribution is -2.26. The van der Waals surface area contributed by atoms with Crippen molar-refractivity contribution in [3.8, 4) is 5.75 Å². The van der Waals surface area contributed by atoms with Gasteiger partial charge in [-0.1, -0.05) is 12.1 Å². The van der Waals surface area contributed by atoms with Crippen molar-refractivity contribution in [1.29, 1.82) is 0 Å². The highest BCUT2D eigenvalue weighted by Gasteiger charge is 2.30. The molecule has 1 aromatic rings.